The van der Waals surface area contributed by atoms with E-state index in [4.69, 9.17) is 12.2 Å². The molecule has 136 valence electrons. The minimum atomic E-state index is -4.84. The van der Waals surface area contributed by atoms with Gasteiger partial charge in [-0.3, -0.25) is 0 Å². The number of halogens is 6. The summed E-state index contributed by atoms with van der Waals surface area (Å²) in [6.07, 6.45) is -4.34. The zero-order chi connectivity index (χ0) is 18.0. The lowest BCUT2D eigenvalue weighted by Crippen LogP contribution is -2.47. The third kappa shape index (κ3) is 5.39. The van der Waals surface area contributed by atoms with E-state index in [1.807, 2.05) is 0 Å². The molecule has 0 heterocycles. The van der Waals surface area contributed by atoms with Gasteiger partial charge in [0.05, 0.1) is 11.6 Å². The molecule has 1 saturated carbocycles. The Bertz CT molecular complexity index is 529. The van der Waals surface area contributed by atoms with Gasteiger partial charge >= 0.3 is 12.4 Å². The number of allylic oxidation sites excluding steroid dienone is 2. The number of alkyl halides is 6. The van der Waals surface area contributed by atoms with E-state index in [-0.39, 0.29) is 17.2 Å². The number of thiocarbonyl (C=S) groups is 1. The molecule has 0 amide bonds. The van der Waals surface area contributed by atoms with Crippen LogP contribution in [0.2, 0.25) is 0 Å². The second-order valence-corrected chi connectivity index (χ2v) is 6.46. The Morgan fingerprint density at radius 2 is 1.58 bits per heavy atom. The largest absolute Gasteiger partial charge is 0.416 e. The molecular formula is C15H18F6N2S. The molecule has 9 heteroatoms. The molecule has 0 saturated heterocycles. The maximum absolute atomic E-state index is 12.8. The molecule has 1 atom stereocenters. The SMILES string of the molecule is FC(F)(F)C1=CC(NC(=S)NC2CCCCC2)CC(C(F)(F)F)=C1. The molecule has 0 aliphatic heterocycles. The summed E-state index contributed by atoms with van der Waals surface area (Å²) >= 11 is 5.05. The normalized spacial score (nSPS) is 23.3. The summed E-state index contributed by atoms with van der Waals surface area (Å²) in [7, 11) is 0. The Labute approximate surface area is 141 Å². The van der Waals surface area contributed by atoms with E-state index in [0.717, 1.165) is 38.2 Å². The van der Waals surface area contributed by atoms with Gasteiger partial charge in [0.2, 0.25) is 0 Å². The zero-order valence-corrected chi connectivity index (χ0v) is 13.5. The highest BCUT2D eigenvalue weighted by Gasteiger charge is 2.42. The Kier molecular flexibility index (Phi) is 5.83. The van der Waals surface area contributed by atoms with Gasteiger partial charge in [0, 0.05) is 18.0 Å². The van der Waals surface area contributed by atoms with Crippen LogP contribution in [-0.2, 0) is 0 Å². The van der Waals surface area contributed by atoms with Gasteiger partial charge in [0.1, 0.15) is 0 Å². The summed E-state index contributed by atoms with van der Waals surface area (Å²) in [6.45, 7) is 0. The quantitative estimate of drug-likeness (QED) is 0.550. The highest BCUT2D eigenvalue weighted by Crippen LogP contribution is 2.38. The zero-order valence-electron chi connectivity index (χ0n) is 12.7. The average Bonchev–Trinajstić information content (AvgIpc) is 2.46. The summed E-state index contributed by atoms with van der Waals surface area (Å²) in [5, 5.41) is 5.65. The van der Waals surface area contributed by atoms with Crippen LogP contribution in [0.25, 0.3) is 0 Å². The topological polar surface area (TPSA) is 24.1 Å². The van der Waals surface area contributed by atoms with Crippen molar-refractivity contribution in [1.82, 2.24) is 10.6 Å². The van der Waals surface area contributed by atoms with Crippen molar-refractivity contribution in [3.05, 3.63) is 23.3 Å². The molecule has 2 nitrogen and oxygen atoms in total. The lowest BCUT2D eigenvalue weighted by Gasteiger charge is -2.29. The first kappa shape index (κ1) is 19.1. The Morgan fingerprint density at radius 1 is 0.958 bits per heavy atom. The Hall–Kier alpha value is -1.25. The minimum Gasteiger partial charge on any atom is -0.360 e. The van der Waals surface area contributed by atoms with Crippen molar-refractivity contribution >= 4 is 17.3 Å². The summed E-state index contributed by atoms with van der Waals surface area (Å²) in [6, 6.07) is -1.03. The molecule has 0 bridgehead atoms. The fourth-order valence-electron chi connectivity index (χ4n) is 2.92. The lowest BCUT2D eigenvalue weighted by molar-refractivity contribution is -0.0992. The van der Waals surface area contributed by atoms with E-state index >= 15 is 0 Å². The van der Waals surface area contributed by atoms with Crippen LogP contribution in [0, 0.1) is 0 Å². The number of hydrogen-bond acceptors (Lipinski definition) is 1. The van der Waals surface area contributed by atoms with Crippen molar-refractivity contribution in [2.75, 3.05) is 0 Å². The van der Waals surface area contributed by atoms with Gasteiger partial charge in [-0.2, -0.15) is 26.3 Å². The van der Waals surface area contributed by atoms with Crippen molar-refractivity contribution < 1.29 is 26.3 Å². The van der Waals surface area contributed by atoms with Gasteiger partial charge < -0.3 is 10.6 Å². The van der Waals surface area contributed by atoms with Crippen LogP contribution in [0.4, 0.5) is 26.3 Å². The fraction of sp³-hybridized carbons (Fsp3) is 0.667. The monoisotopic (exact) mass is 372 g/mol. The first-order chi connectivity index (χ1) is 11.1. The summed E-state index contributed by atoms with van der Waals surface area (Å²) in [5.41, 5.74) is -2.52. The van der Waals surface area contributed by atoms with Gasteiger partial charge in [0.15, 0.2) is 5.11 Å². The third-order valence-electron chi connectivity index (χ3n) is 4.10. The Morgan fingerprint density at radius 3 is 2.12 bits per heavy atom. The highest BCUT2D eigenvalue weighted by atomic mass is 32.1. The third-order valence-corrected chi connectivity index (χ3v) is 4.33. The maximum Gasteiger partial charge on any atom is 0.416 e. The van der Waals surface area contributed by atoms with Crippen LogP contribution in [0.1, 0.15) is 38.5 Å². The molecule has 2 aliphatic carbocycles. The van der Waals surface area contributed by atoms with Crippen LogP contribution in [0.15, 0.2) is 23.3 Å². The molecule has 2 N–H and O–H groups in total. The van der Waals surface area contributed by atoms with Gasteiger partial charge in [0.25, 0.3) is 0 Å². The van der Waals surface area contributed by atoms with Gasteiger partial charge in [-0.05, 0) is 37.2 Å². The molecular weight excluding hydrogens is 354 g/mol. The van der Waals surface area contributed by atoms with Crippen molar-refractivity contribution in [2.45, 2.75) is 63.0 Å². The lowest BCUT2D eigenvalue weighted by atomic mass is 9.94. The second-order valence-electron chi connectivity index (χ2n) is 6.05. The predicted octanol–water partition coefficient (Wildman–Crippen LogP) is 4.53. The van der Waals surface area contributed by atoms with E-state index in [0.29, 0.717) is 0 Å². The fourth-order valence-corrected chi connectivity index (χ4v) is 3.23. The number of rotatable bonds is 2. The van der Waals surface area contributed by atoms with Crippen LogP contribution >= 0.6 is 12.2 Å². The van der Waals surface area contributed by atoms with Crippen LogP contribution < -0.4 is 10.6 Å². The number of hydrogen-bond donors (Lipinski definition) is 2. The molecule has 2 aliphatic rings. The molecule has 0 aromatic rings. The summed E-state index contributed by atoms with van der Waals surface area (Å²) < 4.78 is 77.0. The van der Waals surface area contributed by atoms with E-state index in [1.165, 1.54) is 0 Å². The van der Waals surface area contributed by atoms with Crippen LogP contribution in [0.5, 0.6) is 0 Å². The van der Waals surface area contributed by atoms with Gasteiger partial charge in [-0.25, -0.2) is 0 Å². The first-order valence-electron chi connectivity index (χ1n) is 7.69. The summed E-state index contributed by atoms with van der Waals surface area (Å²) in [5.74, 6) is 0. The average molecular weight is 372 g/mol. The molecule has 0 aromatic heterocycles. The molecule has 0 radical (unpaired) electrons. The van der Waals surface area contributed by atoms with Crippen molar-refractivity contribution in [1.29, 1.82) is 0 Å². The smallest absolute Gasteiger partial charge is 0.360 e. The van der Waals surface area contributed by atoms with E-state index in [9.17, 15) is 26.3 Å². The molecule has 0 aromatic carbocycles. The van der Waals surface area contributed by atoms with E-state index < -0.39 is 36.0 Å². The maximum atomic E-state index is 12.8. The van der Waals surface area contributed by atoms with Crippen LogP contribution in [-0.4, -0.2) is 29.5 Å². The van der Waals surface area contributed by atoms with Gasteiger partial charge in [-0.1, -0.05) is 19.3 Å². The van der Waals surface area contributed by atoms with Gasteiger partial charge in [-0.15, -0.1) is 0 Å². The molecule has 1 unspecified atom stereocenters. The van der Waals surface area contributed by atoms with E-state index in [2.05, 4.69) is 10.6 Å². The predicted molar refractivity (Wildman–Crippen MR) is 82.4 cm³/mol. The standard InChI is InChI=1S/C15H18F6N2S/c16-14(17,18)9-6-10(15(19,20)21)8-12(7-9)23-13(24)22-11-4-2-1-3-5-11/h6-7,11-12H,1-5,8H2,(H2,22,23,24). The van der Waals surface area contributed by atoms with Crippen LogP contribution in [0.3, 0.4) is 0 Å². The Balaban J connectivity index is 2.04. The molecule has 2 rings (SSSR count). The highest BCUT2D eigenvalue weighted by molar-refractivity contribution is 7.80. The van der Waals surface area contributed by atoms with E-state index in [1.54, 1.807) is 0 Å². The van der Waals surface area contributed by atoms with Crippen molar-refractivity contribution in [2.24, 2.45) is 0 Å². The first-order valence-corrected chi connectivity index (χ1v) is 8.10. The minimum absolute atomic E-state index is 0.0908. The van der Waals surface area contributed by atoms with Crippen molar-refractivity contribution in [3.63, 3.8) is 0 Å². The second kappa shape index (κ2) is 7.33. The number of nitrogens with one attached hydrogen (secondary N) is 2. The van der Waals surface area contributed by atoms with Crippen molar-refractivity contribution in [3.8, 4) is 0 Å². The molecule has 0 spiro atoms. The molecule has 24 heavy (non-hydrogen) atoms. The summed E-state index contributed by atoms with van der Waals surface area (Å²) in [4.78, 5) is 0. The molecule has 1 fully saturated rings.